The van der Waals surface area contributed by atoms with Crippen molar-refractivity contribution >= 4 is 46.5 Å². The Bertz CT molecular complexity index is 980. The molecule has 0 radical (unpaired) electrons. The number of urea groups is 1. The van der Waals surface area contributed by atoms with Gasteiger partial charge in [0.2, 0.25) is 0 Å². The number of hydroxylamine groups is 1. The standard InChI is InChI=1S/C20H18Cl2N3O4/c1-3-29-19(26)18-11-14(13-6-4-5-7-16(13)22)15-10-12(21)8-9-17(15)24(25(18)28)20(27)23-2/h4-11,18H,3H2,1-2H3,(H,23,27)/q-1. The molecule has 9 heteroatoms. The maximum atomic E-state index is 13.1. The third-order valence-electron chi connectivity index (χ3n) is 4.33. The third-order valence-corrected chi connectivity index (χ3v) is 4.90. The first-order valence-corrected chi connectivity index (χ1v) is 9.56. The van der Waals surface area contributed by atoms with Crippen molar-refractivity contribution in [3.8, 4) is 0 Å². The second-order valence-corrected chi connectivity index (χ2v) is 6.93. The van der Waals surface area contributed by atoms with Crippen molar-refractivity contribution in [3.63, 3.8) is 0 Å². The summed E-state index contributed by atoms with van der Waals surface area (Å²) in [5.74, 6) is -0.792. The van der Waals surface area contributed by atoms with Crippen molar-refractivity contribution in [3.05, 3.63) is 74.9 Å². The van der Waals surface area contributed by atoms with E-state index in [4.69, 9.17) is 27.9 Å². The van der Waals surface area contributed by atoms with Crippen molar-refractivity contribution < 1.29 is 14.3 Å². The number of nitrogens with zero attached hydrogens (tertiary/aromatic N) is 2. The van der Waals surface area contributed by atoms with Gasteiger partial charge in [0.15, 0.2) is 0 Å². The Kier molecular flexibility index (Phi) is 6.44. The first-order chi connectivity index (χ1) is 13.9. The number of ether oxygens (including phenoxy) is 1. The number of rotatable bonds is 3. The molecule has 2 aromatic carbocycles. The van der Waals surface area contributed by atoms with E-state index in [1.807, 2.05) is 0 Å². The molecule has 0 spiro atoms. The van der Waals surface area contributed by atoms with Crippen LogP contribution in [0.1, 0.15) is 18.1 Å². The molecular formula is C20H18Cl2N3O4-. The molecular weight excluding hydrogens is 417 g/mol. The Morgan fingerprint density at radius 2 is 1.90 bits per heavy atom. The highest BCUT2D eigenvalue weighted by Gasteiger charge is 2.33. The predicted molar refractivity (Wildman–Crippen MR) is 113 cm³/mol. The van der Waals surface area contributed by atoms with Gasteiger partial charge in [0, 0.05) is 28.2 Å². The number of hydrogen-bond acceptors (Lipinski definition) is 5. The number of fused-ring (bicyclic) bond motifs is 1. The van der Waals surface area contributed by atoms with Gasteiger partial charge in [-0.3, -0.25) is 5.17 Å². The van der Waals surface area contributed by atoms with Gasteiger partial charge < -0.3 is 15.3 Å². The molecule has 0 aromatic heterocycles. The van der Waals surface area contributed by atoms with E-state index in [0.29, 0.717) is 26.7 Å². The summed E-state index contributed by atoms with van der Waals surface area (Å²) in [7, 11) is 1.39. The van der Waals surface area contributed by atoms with E-state index in [2.05, 4.69) is 5.32 Å². The molecule has 1 aliphatic rings. The Hall–Kier alpha value is -2.58. The van der Waals surface area contributed by atoms with Gasteiger partial charge in [-0.2, -0.15) is 0 Å². The second kappa shape index (κ2) is 8.84. The lowest BCUT2D eigenvalue weighted by molar-refractivity contribution is -0.146. The molecule has 7 nitrogen and oxygen atoms in total. The summed E-state index contributed by atoms with van der Waals surface area (Å²) in [6.45, 7) is 1.71. The lowest BCUT2D eigenvalue weighted by Gasteiger charge is -2.41. The van der Waals surface area contributed by atoms with Crippen molar-refractivity contribution in [1.29, 1.82) is 0 Å². The number of esters is 1. The van der Waals surface area contributed by atoms with Crippen LogP contribution < -0.4 is 10.3 Å². The SMILES string of the molecule is CCOC(=O)C1C=C(c2ccccc2Cl)c2cc(Cl)ccc2N(C(=O)NC)N1[O-]. The fourth-order valence-corrected chi connectivity index (χ4v) is 3.47. The lowest BCUT2D eigenvalue weighted by atomic mass is 9.95. The summed E-state index contributed by atoms with van der Waals surface area (Å²) < 4.78 is 5.06. The van der Waals surface area contributed by atoms with Gasteiger partial charge in [0.25, 0.3) is 0 Å². The molecule has 2 aromatic rings. The Morgan fingerprint density at radius 1 is 1.17 bits per heavy atom. The summed E-state index contributed by atoms with van der Waals surface area (Å²) in [5, 5.41) is 17.5. The molecule has 0 saturated carbocycles. The molecule has 1 unspecified atom stereocenters. The largest absolute Gasteiger partial charge is 0.766 e. The average molecular weight is 435 g/mol. The molecule has 3 rings (SSSR count). The predicted octanol–water partition coefficient (Wildman–Crippen LogP) is 4.23. The highest BCUT2D eigenvalue weighted by atomic mass is 35.5. The highest BCUT2D eigenvalue weighted by molar-refractivity contribution is 6.33. The summed E-state index contributed by atoms with van der Waals surface area (Å²) >= 11 is 12.6. The minimum atomic E-state index is -1.41. The third kappa shape index (κ3) is 4.09. The minimum Gasteiger partial charge on any atom is -0.766 e. The van der Waals surface area contributed by atoms with Crippen LogP contribution in [0.2, 0.25) is 10.0 Å². The highest BCUT2D eigenvalue weighted by Crippen LogP contribution is 2.40. The van der Waals surface area contributed by atoms with Crippen LogP contribution in [0.25, 0.3) is 5.57 Å². The van der Waals surface area contributed by atoms with Gasteiger partial charge in [0.05, 0.1) is 12.3 Å². The molecule has 0 fully saturated rings. The normalized spacial score (nSPS) is 16.5. The Labute approximate surface area is 178 Å². The van der Waals surface area contributed by atoms with Crippen LogP contribution in [0, 0.1) is 5.21 Å². The van der Waals surface area contributed by atoms with Crippen LogP contribution in [0.3, 0.4) is 0 Å². The lowest BCUT2D eigenvalue weighted by Crippen LogP contribution is -2.53. The Morgan fingerprint density at radius 3 is 2.55 bits per heavy atom. The summed E-state index contributed by atoms with van der Waals surface area (Å²) in [4.78, 5) is 25.1. The van der Waals surface area contributed by atoms with Crippen molar-refractivity contribution in [2.45, 2.75) is 13.0 Å². The molecule has 2 amide bonds. The van der Waals surface area contributed by atoms with Gasteiger partial charge in [-0.1, -0.05) is 41.4 Å². The smallest absolute Gasteiger partial charge is 0.335 e. The second-order valence-electron chi connectivity index (χ2n) is 6.09. The first-order valence-electron chi connectivity index (χ1n) is 8.80. The van der Waals surface area contributed by atoms with Gasteiger partial charge >= 0.3 is 12.0 Å². The number of carbonyl (C=O) groups is 2. The van der Waals surface area contributed by atoms with E-state index in [1.54, 1.807) is 43.3 Å². The van der Waals surface area contributed by atoms with Crippen LogP contribution in [0.4, 0.5) is 10.5 Å². The minimum absolute atomic E-state index is 0.0805. The monoisotopic (exact) mass is 434 g/mol. The quantitative estimate of drug-likeness (QED) is 0.730. The van der Waals surface area contributed by atoms with Crippen molar-refractivity contribution in [1.82, 2.24) is 10.5 Å². The van der Waals surface area contributed by atoms with E-state index < -0.39 is 18.0 Å². The zero-order chi connectivity index (χ0) is 21.1. The average Bonchev–Trinajstić information content (AvgIpc) is 2.82. The fraction of sp³-hybridized carbons (Fsp3) is 0.200. The fourth-order valence-electron chi connectivity index (χ4n) is 3.06. The van der Waals surface area contributed by atoms with Crippen LogP contribution in [-0.4, -0.2) is 36.9 Å². The molecule has 152 valence electrons. The number of benzene rings is 2. The molecule has 1 atom stereocenters. The van der Waals surface area contributed by atoms with Crippen LogP contribution in [0.5, 0.6) is 0 Å². The molecule has 1 aliphatic heterocycles. The molecule has 1 N–H and O–H groups in total. The molecule has 1 heterocycles. The molecule has 0 saturated heterocycles. The zero-order valence-corrected chi connectivity index (χ0v) is 17.2. The maximum absolute atomic E-state index is 13.1. The van der Waals surface area contributed by atoms with Crippen LogP contribution in [-0.2, 0) is 9.53 Å². The first kappa shape index (κ1) is 21.1. The molecule has 29 heavy (non-hydrogen) atoms. The number of nitrogens with one attached hydrogen (secondary N) is 1. The van der Waals surface area contributed by atoms with Gasteiger partial charge in [-0.15, -0.1) is 0 Å². The number of amides is 2. The number of carbonyl (C=O) groups excluding carboxylic acids is 2. The van der Waals surface area contributed by atoms with Crippen molar-refractivity contribution in [2.24, 2.45) is 0 Å². The van der Waals surface area contributed by atoms with E-state index in [9.17, 15) is 14.8 Å². The van der Waals surface area contributed by atoms with Gasteiger partial charge in [0.1, 0.15) is 6.04 Å². The van der Waals surface area contributed by atoms with E-state index in [-0.39, 0.29) is 17.5 Å². The van der Waals surface area contributed by atoms with Crippen LogP contribution >= 0.6 is 23.2 Å². The topological polar surface area (TPSA) is 84.9 Å². The summed E-state index contributed by atoms with van der Waals surface area (Å²) in [6, 6.07) is 9.57. The molecule has 0 aliphatic carbocycles. The van der Waals surface area contributed by atoms with Crippen LogP contribution in [0.15, 0.2) is 48.5 Å². The molecule has 0 bridgehead atoms. The summed E-state index contributed by atoms with van der Waals surface area (Å²) in [5.41, 5.74) is 1.79. The van der Waals surface area contributed by atoms with E-state index >= 15 is 0 Å². The zero-order valence-electron chi connectivity index (χ0n) is 15.7. The maximum Gasteiger partial charge on any atom is 0.335 e. The number of hydrazine groups is 1. The summed E-state index contributed by atoms with van der Waals surface area (Å²) in [6.07, 6.45) is 1.43. The Balaban J connectivity index is 2.32. The number of hydrogen-bond donors (Lipinski definition) is 1. The van der Waals surface area contributed by atoms with E-state index in [0.717, 1.165) is 5.01 Å². The van der Waals surface area contributed by atoms with Gasteiger partial charge in [-0.05, 0) is 42.8 Å². The van der Waals surface area contributed by atoms with Gasteiger partial charge in [-0.25, -0.2) is 14.6 Å². The van der Waals surface area contributed by atoms with Crippen molar-refractivity contribution in [2.75, 3.05) is 18.7 Å². The number of anilines is 1. The van der Waals surface area contributed by atoms with E-state index in [1.165, 1.54) is 19.2 Å². The number of halogens is 2.